The molecule has 0 radical (unpaired) electrons. The zero-order valence-electron chi connectivity index (χ0n) is 11.9. The lowest BCUT2D eigenvalue weighted by Crippen LogP contribution is -2.46. The topological polar surface area (TPSA) is 92.4 Å². The van der Waals surface area contributed by atoms with Crippen molar-refractivity contribution in [1.29, 1.82) is 0 Å². The van der Waals surface area contributed by atoms with E-state index >= 15 is 0 Å². The summed E-state index contributed by atoms with van der Waals surface area (Å²) in [6.45, 7) is 5.19. The van der Waals surface area contributed by atoms with Crippen molar-refractivity contribution in [2.24, 2.45) is 0 Å². The number of nitrogen functional groups attached to an aromatic ring is 1. The molecule has 0 heterocycles. The van der Waals surface area contributed by atoms with E-state index < -0.39 is 15.6 Å². The van der Waals surface area contributed by atoms with Crippen LogP contribution in [-0.2, 0) is 10.0 Å². The van der Waals surface area contributed by atoms with Crippen LogP contribution in [0.3, 0.4) is 0 Å². The highest BCUT2D eigenvalue weighted by Crippen LogP contribution is 2.27. The molecule has 1 atom stereocenters. The second kappa shape index (κ2) is 6.30. The Morgan fingerprint density at radius 1 is 1.45 bits per heavy atom. The van der Waals surface area contributed by atoms with Crippen LogP contribution in [0.1, 0.15) is 32.3 Å². The predicted molar refractivity (Wildman–Crippen MR) is 81.3 cm³/mol. The first kappa shape index (κ1) is 17.2. The summed E-state index contributed by atoms with van der Waals surface area (Å²) in [5.41, 5.74) is 5.72. The predicted octanol–water partition coefficient (Wildman–Crippen LogP) is 2.06. The van der Waals surface area contributed by atoms with E-state index in [9.17, 15) is 8.42 Å². The van der Waals surface area contributed by atoms with Crippen LogP contribution >= 0.6 is 11.6 Å². The summed E-state index contributed by atoms with van der Waals surface area (Å²) in [5.74, 6) is 0. The molecule has 0 fully saturated rings. The fraction of sp³-hybridized carbons (Fsp3) is 0.538. The highest BCUT2D eigenvalue weighted by molar-refractivity contribution is 7.89. The van der Waals surface area contributed by atoms with Gasteiger partial charge in [0.2, 0.25) is 10.0 Å². The van der Waals surface area contributed by atoms with Gasteiger partial charge < -0.3 is 10.8 Å². The first-order valence-electron chi connectivity index (χ1n) is 6.35. The molecule has 1 rings (SSSR count). The molecule has 20 heavy (non-hydrogen) atoms. The lowest BCUT2D eigenvalue weighted by atomic mass is 9.97. The summed E-state index contributed by atoms with van der Waals surface area (Å²) in [4.78, 5) is 0.108. The van der Waals surface area contributed by atoms with E-state index in [1.165, 1.54) is 12.1 Å². The molecular formula is C13H21ClN2O3S. The number of nitrogens with two attached hydrogens (primary N) is 1. The van der Waals surface area contributed by atoms with Crippen molar-refractivity contribution in [3.63, 3.8) is 0 Å². The number of aliphatic hydroxyl groups is 1. The molecule has 0 aliphatic rings. The average Bonchev–Trinajstić information content (AvgIpc) is 2.33. The van der Waals surface area contributed by atoms with Crippen molar-refractivity contribution < 1.29 is 13.5 Å². The molecule has 0 bridgehead atoms. The Balaban J connectivity index is 3.21. The van der Waals surface area contributed by atoms with Crippen LogP contribution in [0.25, 0.3) is 0 Å². The van der Waals surface area contributed by atoms with Crippen LogP contribution in [0.2, 0.25) is 5.02 Å². The van der Waals surface area contributed by atoms with E-state index in [1.807, 2.05) is 6.92 Å². The smallest absolute Gasteiger partial charge is 0.241 e. The van der Waals surface area contributed by atoms with E-state index in [0.717, 1.165) is 0 Å². The van der Waals surface area contributed by atoms with Gasteiger partial charge in [-0.1, -0.05) is 18.5 Å². The lowest BCUT2D eigenvalue weighted by molar-refractivity contribution is 0.233. The first-order valence-corrected chi connectivity index (χ1v) is 8.22. The van der Waals surface area contributed by atoms with Gasteiger partial charge >= 0.3 is 0 Å². The number of benzene rings is 1. The van der Waals surface area contributed by atoms with E-state index in [4.69, 9.17) is 22.4 Å². The van der Waals surface area contributed by atoms with E-state index in [-0.39, 0.29) is 17.2 Å². The maximum atomic E-state index is 12.5. The van der Waals surface area contributed by atoms with Crippen molar-refractivity contribution in [1.82, 2.24) is 4.72 Å². The summed E-state index contributed by atoms with van der Waals surface area (Å²) < 4.78 is 27.6. The maximum absolute atomic E-state index is 12.5. The van der Waals surface area contributed by atoms with E-state index in [0.29, 0.717) is 23.4 Å². The molecular weight excluding hydrogens is 300 g/mol. The van der Waals surface area contributed by atoms with Gasteiger partial charge in [0.1, 0.15) is 0 Å². The molecule has 1 aromatic carbocycles. The maximum Gasteiger partial charge on any atom is 0.241 e. The van der Waals surface area contributed by atoms with Crippen LogP contribution < -0.4 is 10.5 Å². The molecule has 0 spiro atoms. The van der Waals surface area contributed by atoms with Gasteiger partial charge in [-0.3, -0.25) is 0 Å². The van der Waals surface area contributed by atoms with Crippen LogP contribution in [0.5, 0.6) is 0 Å². The van der Waals surface area contributed by atoms with Crippen molar-refractivity contribution in [3.8, 4) is 0 Å². The van der Waals surface area contributed by atoms with Crippen LogP contribution in [0, 0.1) is 6.92 Å². The fourth-order valence-electron chi connectivity index (χ4n) is 1.88. The fourth-order valence-corrected chi connectivity index (χ4v) is 3.87. The Bertz CT molecular complexity index is 590. The zero-order chi connectivity index (χ0) is 15.6. The molecule has 5 nitrogen and oxygen atoms in total. The summed E-state index contributed by atoms with van der Waals surface area (Å²) in [7, 11) is -3.72. The van der Waals surface area contributed by atoms with Gasteiger partial charge in [0.25, 0.3) is 0 Å². The number of anilines is 1. The zero-order valence-corrected chi connectivity index (χ0v) is 13.5. The lowest BCUT2D eigenvalue weighted by Gasteiger charge is -2.29. The van der Waals surface area contributed by atoms with Crippen molar-refractivity contribution in [2.45, 2.75) is 44.0 Å². The van der Waals surface area contributed by atoms with Crippen LogP contribution in [0.15, 0.2) is 17.0 Å². The third kappa shape index (κ3) is 3.85. The van der Waals surface area contributed by atoms with E-state index in [2.05, 4.69) is 4.72 Å². The van der Waals surface area contributed by atoms with Gasteiger partial charge in [-0.05, 0) is 44.4 Å². The number of sulfonamides is 1. The largest absolute Gasteiger partial charge is 0.397 e. The molecule has 4 N–H and O–H groups in total. The van der Waals surface area contributed by atoms with Crippen LogP contribution in [0.4, 0.5) is 5.69 Å². The summed E-state index contributed by atoms with van der Waals surface area (Å²) in [5, 5.41) is 9.39. The Morgan fingerprint density at radius 3 is 2.55 bits per heavy atom. The molecule has 1 aromatic rings. The number of nitrogens with one attached hydrogen (secondary N) is 1. The second-order valence-electron chi connectivity index (χ2n) is 5.13. The minimum atomic E-state index is -3.72. The number of rotatable bonds is 6. The molecule has 0 aliphatic heterocycles. The average molecular weight is 321 g/mol. The summed E-state index contributed by atoms with van der Waals surface area (Å²) in [6, 6.07) is 2.88. The third-order valence-electron chi connectivity index (χ3n) is 3.41. The molecule has 0 aromatic heterocycles. The van der Waals surface area contributed by atoms with Crippen molar-refractivity contribution in [2.75, 3.05) is 12.3 Å². The highest BCUT2D eigenvalue weighted by atomic mass is 35.5. The minimum Gasteiger partial charge on any atom is -0.397 e. The molecule has 0 aliphatic carbocycles. The van der Waals surface area contributed by atoms with Gasteiger partial charge in [0.05, 0.1) is 15.6 Å². The SMILES string of the molecule is CCC(C)(CCO)NS(=O)(=O)c1cc(N)c(Cl)cc1C. The normalized spacial score (nSPS) is 15.1. The Morgan fingerprint density at radius 2 is 2.05 bits per heavy atom. The molecule has 7 heteroatoms. The quantitative estimate of drug-likeness (QED) is 0.699. The number of halogens is 1. The molecule has 0 amide bonds. The Labute approximate surface area is 125 Å². The molecule has 114 valence electrons. The number of hydrogen-bond donors (Lipinski definition) is 3. The van der Waals surface area contributed by atoms with Crippen LogP contribution in [-0.4, -0.2) is 25.7 Å². The standard InChI is InChI=1S/C13H21ClN2O3S/c1-4-13(3,5-6-17)16-20(18,19)12-8-11(15)10(14)7-9(12)2/h7-8,16-17H,4-6,15H2,1-3H3. The Hall–Kier alpha value is -0.820. The number of hydrogen-bond acceptors (Lipinski definition) is 4. The molecule has 1 unspecified atom stereocenters. The van der Waals surface area contributed by atoms with Gasteiger partial charge in [-0.2, -0.15) is 0 Å². The second-order valence-corrected chi connectivity index (χ2v) is 7.19. The summed E-state index contributed by atoms with van der Waals surface area (Å²) >= 11 is 5.87. The highest BCUT2D eigenvalue weighted by Gasteiger charge is 2.29. The minimum absolute atomic E-state index is 0.0887. The van der Waals surface area contributed by atoms with Crippen molar-refractivity contribution in [3.05, 3.63) is 22.7 Å². The van der Waals surface area contributed by atoms with Crippen molar-refractivity contribution >= 4 is 27.3 Å². The monoisotopic (exact) mass is 320 g/mol. The molecule has 0 saturated heterocycles. The van der Waals surface area contributed by atoms with Gasteiger partial charge in [-0.25, -0.2) is 13.1 Å². The third-order valence-corrected chi connectivity index (χ3v) is 5.52. The van der Waals surface area contributed by atoms with Gasteiger partial charge in [0.15, 0.2) is 0 Å². The van der Waals surface area contributed by atoms with Gasteiger partial charge in [-0.15, -0.1) is 0 Å². The Kier molecular flexibility index (Phi) is 5.43. The summed E-state index contributed by atoms with van der Waals surface area (Å²) in [6.07, 6.45) is 0.903. The molecule has 0 saturated carbocycles. The number of aryl methyl sites for hydroxylation is 1. The van der Waals surface area contributed by atoms with Gasteiger partial charge in [0, 0.05) is 12.1 Å². The first-order chi connectivity index (χ1) is 9.15. The van der Waals surface area contributed by atoms with E-state index in [1.54, 1.807) is 13.8 Å². The number of aliphatic hydroxyl groups excluding tert-OH is 1.